The number of carbonyl (C=O) groups is 1. The Kier molecular flexibility index (Phi) is 3.53. The van der Waals surface area contributed by atoms with Crippen molar-refractivity contribution < 1.29 is 13.6 Å². The first-order valence-electron chi connectivity index (χ1n) is 4.96. The van der Waals surface area contributed by atoms with Crippen molar-refractivity contribution in [2.24, 2.45) is 0 Å². The fourth-order valence-corrected chi connectivity index (χ4v) is 1.62. The van der Waals surface area contributed by atoms with Gasteiger partial charge in [-0.05, 0) is 24.3 Å². The smallest absolute Gasteiger partial charge is 0.261 e. The molecule has 1 N–H and O–H groups in total. The first kappa shape index (κ1) is 12.4. The van der Waals surface area contributed by atoms with E-state index in [4.69, 9.17) is 11.6 Å². The third-order valence-corrected chi connectivity index (χ3v) is 2.46. The van der Waals surface area contributed by atoms with Crippen LogP contribution in [0.3, 0.4) is 0 Å². The van der Waals surface area contributed by atoms with Gasteiger partial charge in [0, 0.05) is 0 Å². The molecule has 0 saturated carbocycles. The molecule has 0 saturated heterocycles. The Morgan fingerprint density at radius 2 is 1.89 bits per heavy atom. The lowest BCUT2D eigenvalue weighted by Gasteiger charge is -2.06. The molecular formula is C12H7ClF2N2O. The van der Waals surface area contributed by atoms with E-state index in [2.05, 4.69) is 10.3 Å². The van der Waals surface area contributed by atoms with Crippen molar-refractivity contribution in [3.05, 3.63) is 58.7 Å². The van der Waals surface area contributed by atoms with Gasteiger partial charge in [-0.3, -0.25) is 4.79 Å². The number of hydrogen-bond acceptors (Lipinski definition) is 2. The Morgan fingerprint density at radius 1 is 1.17 bits per heavy atom. The van der Waals surface area contributed by atoms with Crippen molar-refractivity contribution in [2.75, 3.05) is 5.32 Å². The summed E-state index contributed by atoms with van der Waals surface area (Å²) < 4.78 is 26.3. The van der Waals surface area contributed by atoms with E-state index in [1.165, 1.54) is 24.3 Å². The van der Waals surface area contributed by atoms with E-state index in [1.54, 1.807) is 0 Å². The second kappa shape index (κ2) is 5.10. The van der Waals surface area contributed by atoms with Gasteiger partial charge in [-0.25, -0.2) is 9.37 Å². The molecule has 0 unspecified atom stereocenters. The molecule has 0 spiro atoms. The van der Waals surface area contributed by atoms with E-state index in [0.29, 0.717) is 0 Å². The van der Waals surface area contributed by atoms with Crippen LogP contribution in [0.2, 0.25) is 5.02 Å². The molecule has 0 radical (unpaired) electrons. The van der Waals surface area contributed by atoms with Crippen molar-refractivity contribution in [1.82, 2.24) is 4.98 Å². The zero-order valence-electron chi connectivity index (χ0n) is 8.95. The van der Waals surface area contributed by atoms with Crippen LogP contribution in [-0.4, -0.2) is 10.9 Å². The molecule has 0 bridgehead atoms. The van der Waals surface area contributed by atoms with Crippen molar-refractivity contribution in [2.45, 2.75) is 0 Å². The first-order valence-corrected chi connectivity index (χ1v) is 5.33. The number of carbonyl (C=O) groups excluding carboxylic acids is 1. The van der Waals surface area contributed by atoms with E-state index >= 15 is 0 Å². The summed E-state index contributed by atoms with van der Waals surface area (Å²) in [7, 11) is 0. The Labute approximate surface area is 106 Å². The fourth-order valence-electron chi connectivity index (χ4n) is 1.37. The number of anilines is 1. The first-order chi connectivity index (χ1) is 8.58. The summed E-state index contributed by atoms with van der Waals surface area (Å²) in [4.78, 5) is 15.2. The van der Waals surface area contributed by atoms with Crippen LogP contribution in [0.25, 0.3) is 0 Å². The highest BCUT2D eigenvalue weighted by Gasteiger charge is 2.16. The lowest BCUT2D eigenvalue weighted by Crippen LogP contribution is -2.15. The molecular weight excluding hydrogens is 262 g/mol. The van der Waals surface area contributed by atoms with Gasteiger partial charge in [-0.1, -0.05) is 23.7 Å². The molecule has 1 heterocycles. The number of nitrogens with one attached hydrogen (secondary N) is 1. The lowest BCUT2D eigenvalue weighted by molar-refractivity contribution is 0.102. The van der Waals surface area contributed by atoms with Gasteiger partial charge in [0.15, 0.2) is 0 Å². The highest BCUT2D eigenvalue weighted by Crippen LogP contribution is 2.20. The molecule has 0 aliphatic heterocycles. The number of amides is 1. The van der Waals surface area contributed by atoms with Crippen LogP contribution in [-0.2, 0) is 0 Å². The van der Waals surface area contributed by atoms with Crippen molar-refractivity contribution in [3.8, 4) is 0 Å². The highest BCUT2D eigenvalue weighted by atomic mass is 35.5. The normalized spacial score (nSPS) is 10.2. The summed E-state index contributed by atoms with van der Waals surface area (Å²) in [5, 5.41) is 2.24. The second-order valence-electron chi connectivity index (χ2n) is 3.40. The topological polar surface area (TPSA) is 42.0 Å². The zero-order chi connectivity index (χ0) is 13.1. The summed E-state index contributed by atoms with van der Waals surface area (Å²) in [5.74, 6) is -2.29. The minimum Gasteiger partial charge on any atom is -0.306 e. The molecule has 6 heteroatoms. The minimum atomic E-state index is -0.781. The minimum absolute atomic E-state index is 0.0145. The number of hydrogen-bond donors (Lipinski definition) is 1. The van der Waals surface area contributed by atoms with Crippen LogP contribution >= 0.6 is 11.6 Å². The summed E-state index contributed by atoms with van der Waals surface area (Å²) in [5.41, 5.74) is -0.301. The third kappa shape index (κ3) is 2.62. The van der Waals surface area contributed by atoms with E-state index in [1.807, 2.05) is 0 Å². The van der Waals surface area contributed by atoms with E-state index < -0.39 is 17.7 Å². The summed E-state index contributed by atoms with van der Waals surface area (Å²) in [6.45, 7) is 0. The summed E-state index contributed by atoms with van der Waals surface area (Å²) in [6, 6.07) is 7.77. The van der Waals surface area contributed by atoms with Crippen LogP contribution in [0, 0.1) is 11.8 Å². The molecule has 0 aliphatic carbocycles. The Balaban J connectivity index is 2.28. The van der Waals surface area contributed by atoms with Crippen LogP contribution in [0.4, 0.5) is 14.6 Å². The molecule has 1 amide bonds. The average Bonchev–Trinajstić information content (AvgIpc) is 2.28. The van der Waals surface area contributed by atoms with Gasteiger partial charge in [-0.2, -0.15) is 4.39 Å². The Bertz CT molecular complexity index is 584. The van der Waals surface area contributed by atoms with Gasteiger partial charge >= 0.3 is 0 Å². The number of halogens is 3. The molecule has 0 fully saturated rings. The predicted molar refractivity (Wildman–Crippen MR) is 63.6 cm³/mol. The highest BCUT2D eigenvalue weighted by molar-refractivity contribution is 6.34. The molecule has 0 atom stereocenters. The largest absolute Gasteiger partial charge is 0.306 e. The van der Waals surface area contributed by atoms with Crippen molar-refractivity contribution in [1.29, 1.82) is 0 Å². The van der Waals surface area contributed by atoms with Crippen LogP contribution in [0.5, 0.6) is 0 Å². The van der Waals surface area contributed by atoms with Gasteiger partial charge in [-0.15, -0.1) is 0 Å². The maximum absolute atomic E-state index is 13.4. The van der Waals surface area contributed by atoms with Gasteiger partial charge in [0.1, 0.15) is 11.6 Å². The van der Waals surface area contributed by atoms with Gasteiger partial charge in [0.2, 0.25) is 5.95 Å². The quantitative estimate of drug-likeness (QED) is 0.850. The van der Waals surface area contributed by atoms with Crippen LogP contribution in [0.1, 0.15) is 10.4 Å². The van der Waals surface area contributed by atoms with Crippen molar-refractivity contribution in [3.63, 3.8) is 0 Å². The molecule has 92 valence electrons. The molecule has 1 aromatic carbocycles. The zero-order valence-corrected chi connectivity index (χ0v) is 9.71. The molecule has 2 rings (SSSR count). The standard InChI is InChI=1S/C12H7ClF2N2O/c13-7-3-1-4-8(14)11(7)12(18)17-10-6-2-5-9(15)16-10/h1-6H,(H,16,17,18). The van der Waals surface area contributed by atoms with Crippen molar-refractivity contribution >= 4 is 23.3 Å². The number of nitrogens with zero attached hydrogens (tertiary/aromatic N) is 1. The van der Waals surface area contributed by atoms with Crippen LogP contribution in [0.15, 0.2) is 36.4 Å². The second-order valence-corrected chi connectivity index (χ2v) is 3.80. The number of pyridine rings is 1. The molecule has 3 nitrogen and oxygen atoms in total. The molecule has 1 aromatic heterocycles. The summed E-state index contributed by atoms with van der Waals surface area (Å²) >= 11 is 5.73. The Morgan fingerprint density at radius 3 is 2.56 bits per heavy atom. The number of aromatic nitrogens is 1. The van der Waals surface area contributed by atoms with Gasteiger partial charge in [0.25, 0.3) is 5.91 Å². The van der Waals surface area contributed by atoms with Gasteiger partial charge < -0.3 is 5.32 Å². The lowest BCUT2D eigenvalue weighted by atomic mass is 10.2. The maximum Gasteiger partial charge on any atom is 0.261 e. The van der Waals surface area contributed by atoms with Crippen LogP contribution < -0.4 is 5.32 Å². The number of rotatable bonds is 2. The van der Waals surface area contributed by atoms with E-state index in [0.717, 1.165) is 12.1 Å². The SMILES string of the molecule is O=C(Nc1cccc(F)n1)c1c(F)cccc1Cl. The summed E-state index contributed by atoms with van der Waals surface area (Å²) in [6.07, 6.45) is 0. The average molecular weight is 269 g/mol. The Hall–Kier alpha value is -2.01. The van der Waals surface area contributed by atoms with Gasteiger partial charge in [0.05, 0.1) is 10.6 Å². The van der Waals surface area contributed by atoms with E-state index in [-0.39, 0.29) is 16.4 Å². The monoisotopic (exact) mass is 268 g/mol. The molecule has 18 heavy (non-hydrogen) atoms. The predicted octanol–water partition coefficient (Wildman–Crippen LogP) is 3.27. The van der Waals surface area contributed by atoms with E-state index in [9.17, 15) is 13.6 Å². The molecule has 2 aromatic rings. The fraction of sp³-hybridized carbons (Fsp3) is 0. The number of benzene rings is 1. The third-order valence-electron chi connectivity index (χ3n) is 2.15. The molecule has 0 aliphatic rings. The maximum atomic E-state index is 13.4.